The molecule has 0 spiro atoms. The van der Waals surface area contributed by atoms with E-state index in [0.717, 1.165) is 29.8 Å². The lowest BCUT2D eigenvalue weighted by Crippen LogP contribution is -2.47. The lowest BCUT2D eigenvalue weighted by molar-refractivity contribution is -0.122. The molecule has 0 unspecified atom stereocenters. The second-order valence-electron chi connectivity index (χ2n) is 6.80. The van der Waals surface area contributed by atoms with Crippen LogP contribution in [-0.2, 0) is 11.3 Å². The van der Waals surface area contributed by atoms with E-state index in [1.54, 1.807) is 0 Å². The van der Waals surface area contributed by atoms with Crippen molar-refractivity contribution in [1.82, 2.24) is 19.8 Å². The first-order valence-corrected chi connectivity index (χ1v) is 8.67. The summed E-state index contributed by atoms with van der Waals surface area (Å²) in [6.07, 6.45) is 4.90. The number of aromatic nitrogens is 2. The van der Waals surface area contributed by atoms with Crippen LogP contribution in [0.5, 0.6) is 0 Å². The van der Waals surface area contributed by atoms with Crippen LogP contribution < -0.4 is 5.32 Å². The summed E-state index contributed by atoms with van der Waals surface area (Å²) < 4.78 is 2.01. The number of nitrogens with zero attached hydrogens (tertiary/aromatic N) is 3. The van der Waals surface area contributed by atoms with Crippen molar-refractivity contribution in [2.75, 3.05) is 13.1 Å². The molecule has 1 amide bonds. The first kappa shape index (κ1) is 14.7. The third-order valence-corrected chi connectivity index (χ3v) is 5.35. The van der Waals surface area contributed by atoms with Gasteiger partial charge in [-0.1, -0.05) is 18.6 Å². The maximum absolute atomic E-state index is 12.6. The molecule has 122 valence electrons. The molecule has 2 aliphatic rings. The summed E-state index contributed by atoms with van der Waals surface area (Å²) in [6, 6.07) is 8.87. The fraction of sp³-hybridized carbons (Fsp3) is 0.556. The normalized spacial score (nSPS) is 24.7. The summed E-state index contributed by atoms with van der Waals surface area (Å²) >= 11 is 0. The second-order valence-corrected chi connectivity index (χ2v) is 6.80. The van der Waals surface area contributed by atoms with Crippen molar-refractivity contribution < 1.29 is 4.79 Å². The minimum absolute atomic E-state index is 0.105. The zero-order chi connectivity index (χ0) is 15.8. The highest BCUT2D eigenvalue weighted by Crippen LogP contribution is 2.27. The van der Waals surface area contributed by atoms with Crippen LogP contribution in [0.3, 0.4) is 0 Å². The number of rotatable bonds is 3. The van der Waals surface area contributed by atoms with Crippen LogP contribution in [0.25, 0.3) is 11.0 Å². The fourth-order valence-electron chi connectivity index (χ4n) is 4.21. The van der Waals surface area contributed by atoms with Crippen LogP contribution in [0.2, 0.25) is 0 Å². The monoisotopic (exact) mass is 312 g/mol. The standard InChI is InChI=1S/C18H24N4O/c1-13-19-14-6-2-3-8-17(14)22(13)12-18(23)20-15-9-11-21-10-5-4-7-16(15)21/h2-3,6,8,15-16H,4-5,7,9-12H2,1H3,(H,20,23)/t15-,16-/m1/s1. The fourth-order valence-corrected chi connectivity index (χ4v) is 4.21. The molecule has 0 bridgehead atoms. The number of carbonyl (C=O) groups is 1. The number of hydrogen-bond acceptors (Lipinski definition) is 3. The van der Waals surface area contributed by atoms with Gasteiger partial charge in [-0.3, -0.25) is 9.69 Å². The Hall–Kier alpha value is -1.88. The predicted octanol–water partition coefficient (Wildman–Crippen LogP) is 2.09. The van der Waals surface area contributed by atoms with E-state index < -0.39 is 0 Å². The van der Waals surface area contributed by atoms with Gasteiger partial charge in [0.1, 0.15) is 12.4 Å². The molecule has 2 aromatic rings. The third kappa shape index (κ3) is 2.74. The number of amides is 1. The SMILES string of the molecule is Cc1nc2ccccc2n1CC(=O)N[C@@H]1CCN2CCCC[C@H]12. The van der Waals surface area contributed by atoms with Crippen molar-refractivity contribution in [3.05, 3.63) is 30.1 Å². The van der Waals surface area contributed by atoms with Gasteiger partial charge < -0.3 is 9.88 Å². The van der Waals surface area contributed by atoms with Gasteiger partial charge in [-0.2, -0.15) is 0 Å². The topological polar surface area (TPSA) is 50.2 Å². The van der Waals surface area contributed by atoms with E-state index >= 15 is 0 Å². The van der Waals surface area contributed by atoms with Gasteiger partial charge in [0.2, 0.25) is 5.91 Å². The number of hydrogen-bond donors (Lipinski definition) is 1. The van der Waals surface area contributed by atoms with Crippen molar-refractivity contribution >= 4 is 16.9 Å². The summed E-state index contributed by atoms with van der Waals surface area (Å²) in [6.45, 7) is 4.65. The summed E-state index contributed by atoms with van der Waals surface area (Å²) in [5.74, 6) is 1.00. The van der Waals surface area contributed by atoms with Crippen LogP contribution >= 0.6 is 0 Å². The average molecular weight is 312 g/mol. The van der Waals surface area contributed by atoms with E-state index in [9.17, 15) is 4.79 Å². The van der Waals surface area contributed by atoms with E-state index in [4.69, 9.17) is 0 Å². The van der Waals surface area contributed by atoms with Crippen molar-refractivity contribution in [2.24, 2.45) is 0 Å². The Morgan fingerprint density at radius 2 is 2.13 bits per heavy atom. The molecular formula is C18H24N4O. The Bertz CT molecular complexity index is 723. The average Bonchev–Trinajstić information content (AvgIpc) is 3.10. The van der Waals surface area contributed by atoms with Gasteiger partial charge in [-0.05, 0) is 44.9 Å². The molecule has 0 saturated carbocycles. The van der Waals surface area contributed by atoms with Crippen molar-refractivity contribution in [3.8, 4) is 0 Å². The van der Waals surface area contributed by atoms with E-state index in [-0.39, 0.29) is 5.91 Å². The minimum Gasteiger partial charge on any atom is -0.350 e. The van der Waals surface area contributed by atoms with Gasteiger partial charge >= 0.3 is 0 Å². The highest BCUT2D eigenvalue weighted by Gasteiger charge is 2.36. The van der Waals surface area contributed by atoms with Gasteiger partial charge in [0, 0.05) is 18.6 Å². The van der Waals surface area contributed by atoms with Crippen LogP contribution in [0, 0.1) is 6.92 Å². The predicted molar refractivity (Wildman–Crippen MR) is 90.2 cm³/mol. The number of fused-ring (bicyclic) bond motifs is 2. The molecule has 5 heteroatoms. The Labute approximate surface area is 136 Å². The van der Waals surface area contributed by atoms with Crippen LogP contribution in [0.4, 0.5) is 0 Å². The van der Waals surface area contributed by atoms with Crippen LogP contribution in [0.15, 0.2) is 24.3 Å². The van der Waals surface area contributed by atoms with Gasteiger partial charge in [-0.25, -0.2) is 4.98 Å². The van der Waals surface area contributed by atoms with Gasteiger partial charge in [0.15, 0.2) is 0 Å². The number of imidazole rings is 1. The second kappa shape index (κ2) is 5.96. The molecule has 4 rings (SSSR count). The highest BCUT2D eigenvalue weighted by atomic mass is 16.2. The molecule has 1 aromatic heterocycles. The molecule has 2 fully saturated rings. The Kier molecular flexibility index (Phi) is 3.81. The molecule has 2 atom stereocenters. The molecule has 2 aliphatic heterocycles. The zero-order valence-electron chi connectivity index (χ0n) is 13.7. The molecule has 0 aliphatic carbocycles. The van der Waals surface area contributed by atoms with E-state index in [1.807, 2.05) is 35.8 Å². The van der Waals surface area contributed by atoms with E-state index in [1.165, 1.54) is 25.8 Å². The summed E-state index contributed by atoms with van der Waals surface area (Å²) in [7, 11) is 0. The number of piperidine rings is 1. The number of para-hydroxylation sites is 2. The Morgan fingerprint density at radius 1 is 1.26 bits per heavy atom. The first-order valence-electron chi connectivity index (χ1n) is 8.67. The molecule has 2 saturated heterocycles. The third-order valence-electron chi connectivity index (χ3n) is 5.35. The van der Waals surface area contributed by atoms with Crippen LogP contribution in [-0.4, -0.2) is 45.5 Å². The molecule has 1 N–H and O–H groups in total. The Balaban J connectivity index is 1.46. The van der Waals surface area contributed by atoms with Crippen molar-refractivity contribution in [2.45, 2.75) is 51.2 Å². The van der Waals surface area contributed by atoms with Crippen molar-refractivity contribution in [3.63, 3.8) is 0 Å². The maximum Gasteiger partial charge on any atom is 0.240 e. The molecule has 5 nitrogen and oxygen atoms in total. The zero-order valence-corrected chi connectivity index (χ0v) is 13.7. The first-order chi connectivity index (χ1) is 11.2. The smallest absolute Gasteiger partial charge is 0.240 e. The molecule has 3 heterocycles. The molecule has 23 heavy (non-hydrogen) atoms. The number of nitrogens with one attached hydrogen (secondary N) is 1. The van der Waals surface area contributed by atoms with Gasteiger partial charge in [-0.15, -0.1) is 0 Å². The van der Waals surface area contributed by atoms with Gasteiger partial charge in [0.25, 0.3) is 0 Å². The largest absolute Gasteiger partial charge is 0.350 e. The highest BCUT2D eigenvalue weighted by molar-refractivity contribution is 5.81. The number of aryl methyl sites for hydroxylation is 1. The minimum atomic E-state index is 0.105. The van der Waals surface area contributed by atoms with Gasteiger partial charge in [0.05, 0.1) is 11.0 Å². The summed E-state index contributed by atoms with van der Waals surface area (Å²) in [5.41, 5.74) is 1.99. The summed E-state index contributed by atoms with van der Waals surface area (Å²) in [4.78, 5) is 19.6. The van der Waals surface area contributed by atoms with E-state index in [0.29, 0.717) is 18.6 Å². The Morgan fingerprint density at radius 3 is 3.04 bits per heavy atom. The lowest BCUT2D eigenvalue weighted by Gasteiger charge is -2.32. The lowest BCUT2D eigenvalue weighted by atomic mass is 9.99. The van der Waals surface area contributed by atoms with E-state index in [2.05, 4.69) is 15.2 Å². The molecule has 0 radical (unpaired) electrons. The quantitative estimate of drug-likeness (QED) is 0.944. The maximum atomic E-state index is 12.6. The summed E-state index contributed by atoms with van der Waals surface area (Å²) in [5, 5.41) is 3.28. The number of benzene rings is 1. The number of carbonyl (C=O) groups excluding carboxylic acids is 1. The molecule has 1 aromatic carbocycles. The van der Waals surface area contributed by atoms with Crippen molar-refractivity contribution in [1.29, 1.82) is 0 Å². The van der Waals surface area contributed by atoms with Crippen LogP contribution in [0.1, 0.15) is 31.5 Å². The molecular weight excluding hydrogens is 288 g/mol.